The average Bonchev–Trinajstić information content (AvgIpc) is 3.46. The molecule has 6 heteroatoms. The van der Waals surface area contributed by atoms with Crippen molar-refractivity contribution in [2.75, 3.05) is 26.7 Å². The van der Waals surface area contributed by atoms with Crippen LogP contribution in [0.4, 0.5) is 0 Å². The van der Waals surface area contributed by atoms with Gasteiger partial charge < -0.3 is 15.0 Å². The smallest absolute Gasteiger partial charge is 0.194 e. The standard InChI is InChI=1S/C24H28N4OS/c1-25-24(26-14-23-27-22(18-30-23)21-10-6-3-7-11-21)28-13-12-20(15-28)17-29-16-19-8-4-2-5-9-19/h2-11,18,20H,12-17H2,1H3,(H,25,26). The Kier molecular flexibility index (Phi) is 7.11. The van der Waals surface area contributed by atoms with Crippen molar-refractivity contribution in [1.82, 2.24) is 15.2 Å². The maximum Gasteiger partial charge on any atom is 0.194 e. The molecule has 1 saturated heterocycles. The van der Waals surface area contributed by atoms with Gasteiger partial charge in [0.1, 0.15) is 5.01 Å². The third-order valence-electron chi connectivity index (χ3n) is 5.28. The second-order valence-electron chi connectivity index (χ2n) is 7.49. The molecule has 1 atom stereocenters. The number of hydrogen-bond acceptors (Lipinski definition) is 4. The Morgan fingerprint density at radius 1 is 1.17 bits per heavy atom. The Balaban J connectivity index is 1.23. The molecule has 0 bridgehead atoms. The zero-order chi connectivity index (χ0) is 20.6. The van der Waals surface area contributed by atoms with Crippen molar-refractivity contribution in [1.29, 1.82) is 0 Å². The molecular formula is C24H28N4OS. The lowest BCUT2D eigenvalue weighted by atomic mass is 10.1. The number of rotatable bonds is 7. The first-order chi connectivity index (χ1) is 14.8. The zero-order valence-corrected chi connectivity index (χ0v) is 18.1. The van der Waals surface area contributed by atoms with Gasteiger partial charge >= 0.3 is 0 Å². The van der Waals surface area contributed by atoms with E-state index in [-0.39, 0.29) is 0 Å². The van der Waals surface area contributed by atoms with Gasteiger partial charge in [0.15, 0.2) is 5.96 Å². The number of guanidine groups is 1. The Morgan fingerprint density at radius 2 is 1.93 bits per heavy atom. The molecule has 1 unspecified atom stereocenters. The van der Waals surface area contributed by atoms with E-state index in [9.17, 15) is 0 Å². The summed E-state index contributed by atoms with van der Waals surface area (Å²) in [6, 6.07) is 20.6. The number of thiazole rings is 1. The van der Waals surface area contributed by atoms with Crippen molar-refractivity contribution in [3.05, 3.63) is 76.6 Å². The summed E-state index contributed by atoms with van der Waals surface area (Å²) in [5.74, 6) is 1.48. The normalized spacial score (nSPS) is 16.8. The first-order valence-electron chi connectivity index (χ1n) is 10.4. The molecule has 1 aromatic heterocycles. The molecule has 30 heavy (non-hydrogen) atoms. The van der Waals surface area contributed by atoms with Crippen LogP contribution in [0, 0.1) is 5.92 Å². The van der Waals surface area contributed by atoms with Crippen LogP contribution in [0.25, 0.3) is 11.3 Å². The summed E-state index contributed by atoms with van der Waals surface area (Å²) in [4.78, 5) is 11.6. The number of benzene rings is 2. The molecule has 1 fully saturated rings. The fraction of sp³-hybridized carbons (Fsp3) is 0.333. The molecular weight excluding hydrogens is 392 g/mol. The second kappa shape index (κ2) is 10.4. The first-order valence-corrected chi connectivity index (χ1v) is 11.3. The van der Waals surface area contributed by atoms with E-state index in [1.54, 1.807) is 11.3 Å². The van der Waals surface area contributed by atoms with Gasteiger partial charge in [-0.25, -0.2) is 4.98 Å². The van der Waals surface area contributed by atoms with Gasteiger partial charge in [-0.15, -0.1) is 11.3 Å². The monoisotopic (exact) mass is 420 g/mol. The highest BCUT2D eigenvalue weighted by Crippen LogP contribution is 2.22. The fourth-order valence-corrected chi connectivity index (χ4v) is 4.44. The number of hydrogen-bond donors (Lipinski definition) is 1. The minimum absolute atomic E-state index is 0.539. The molecule has 3 aromatic rings. The molecule has 5 nitrogen and oxygen atoms in total. The van der Waals surface area contributed by atoms with Crippen LogP contribution in [0.2, 0.25) is 0 Å². The van der Waals surface area contributed by atoms with Crippen LogP contribution in [0.15, 0.2) is 71.0 Å². The first kappa shape index (κ1) is 20.6. The molecule has 1 aliphatic heterocycles. The summed E-state index contributed by atoms with van der Waals surface area (Å²) in [5, 5.41) is 6.66. The Bertz CT molecular complexity index is 942. The molecule has 0 amide bonds. The fourth-order valence-electron chi connectivity index (χ4n) is 3.70. The van der Waals surface area contributed by atoms with E-state index in [2.05, 4.69) is 57.0 Å². The predicted molar refractivity (Wildman–Crippen MR) is 124 cm³/mol. The van der Waals surface area contributed by atoms with Crippen LogP contribution in [0.1, 0.15) is 17.0 Å². The zero-order valence-electron chi connectivity index (χ0n) is 17.3. The highest BCUT2D eigenvalue weighted by molar-refractivity contribution is 7.09. The van der Waals surface area contributed by atoms with Crippen molar-refractivity contribution >= 4 is 17.3 Å². The lowest BCUT2D eigenvalue weighted by Gasteiger charge is -2.21. The number of aliphatic imine (C=N–C) groups is 1. The van der Waals surface area contributed by atoms with E-state index in [1.165, 1.54) is 5.56 Å². The van der Waals surface area contributed by atoms with Crippen molar-refractivity contribution in [3.63, 3.8) is 0 Å². The molecule has 2 heterocycles. The average molecular weight is 421 g/mol. The van der Waals surface area contributed by atoms with Gasteiger partial charge in [-0.3, -0.25) is 4.99 Å². The van der Waals surface area contributed by atoms with Crippen LogP contribution in [-0.4, -0.2) is 42.6 Å². The minimum atomic E-state index is 0.539. The van der Waals surface area contributed by atoms with Crippen molar-refractivity contribution in [2.24, 2.45) is 10.9 Å². The van der Waals surface area contributed by atoms with Gasteiger partial charge in [0.25, 0.3) is 0 Å². The minimum Gasteiger partial charge on any atom is -0.376 e. The largest absolute Gasteiger partial charge is 0.376 e. The van der Waals surface area contributed by atoms with Gasteiger partial charge in [-0.1, -0.05) is 60.7 Å². The van der Waals surface area contributed by atoms with Gasteiger partial charge in [-0.2, -0.15) is 0 Å². The summed E-state index contributed by atoms with van der Waals surface area (Å²) in [6.45, 7) is 4.14. The van der Waals surface area contributed by atoms with Crippen molar-refractivity contribution < 1.29 is 4.74 Å². The number of likely N-dealkylation sites (tertiary alicyclic amines) is 1. The molecule has 0 saturated carbocycles. The van der Waals surface area contributed by atoms with Crippen LogP contribution in [-0.2, 0) is 17.9 Å². The Labute approximate surface area is 182 Å². The maximum atomic E-state index is 5.94. The van der Waals surface area contributed by atoms with Gasteiger partial charge in [0, 0.05) is 37.0 Å². The molecule has 0 radical (unpaired) electrons. The molecule has 0 aliphatic carbocycles. The summed E-state index contributed by atoms with van der Waals surface area (Å²) < 4.78 is 5.94. The van der Waals surface area contributed by atoms with E-state index >= 15 is 0 Å². The SMILES string of the molecule is CN=C(NCc1nc(-c2ccccc2)cs1)N1CCC(COCc2ccccc2)C1. The van der Waals surface area contributed by atoms with E-state index in [4.69, 9.17) is 9.72 Å². The van der Waals surface area contributed by atoms with Crippen LogP contribution in [0.5, 0.6) is 0 Å². The lowest BCUT2D eigenvalue weighted by Crippen LogP contribution is -2.39. The lowest BCUT2D eigenvalue weighted by molar-refractivity contribution is 0.0906. The summed E-state index contributed by atoms with van der Waals surface area (Å²) in [7, 11) is 1.85. The summed E-state index contributed by atoms with van der Waals surface area (Å²) in [5.41, 5.74) is 3.41. The third-order valence-corrected chi connectivity index (χ3v) is 6.13. The third kappa shape index (κ3) is 5.46. The molecule has 1 aliphatic rings. The predicted octanol–water partition coefficient (Wildman–Crippen LogP) is 4.42. The van der Waals surface area contributed by atoms with E-state index in [0.29, 0.717) is 19.1 Å². The molecule has 156 valence electrons. The molecule has 0 spiro atoms. The van der Waals surface area contributed by atoms with Gasteiger partial charge in [-0.05, 0) is 12.0 Å². The van der Waals surface area contributed by atoms with E-state index in [0.717, 1.165) is 48.3 Å². The molecule has 2 aromatic carbocycles. The van der Waals surface area contributed by atoms with E-state index in [1.807, 2.05) is 31.3 Å². The van der Waals surface area contributed by atoms with Gasteiger partial charge in [0.05, 0.1) is 25.5 Å². The Morgan fingerprint density at radius 3 is 2.70 bits per heavy atom. The van der Waals surface area contributed by atoms with Crippen LogP contribution < -0.4 is 5.32 Å². The summed E-state index contributed by atoms with van der Waals surface area (Å²) in [6.07, 6.45) is 1.13. The topological polar surface area (TPSA) is 49.8 Å². The quantitative estimate of drug-likeness (QED) is 0.454. The number of ether oxygens (including phenoxy) is 1. The molecule has 1 N–H and O–H groups in total. The van der Waals surface area contributed by atoms with Gasteiger partial charge in [0.2, 0.25) is 0 Å². The number of aromatic nitrogens is 1. The van der Waals surface area contributed by atoms with Crippen molar-refractivity contribution in [3.8, 4) is 11.3 Å². The molecule has 4 rings (SSSR count). The number of nitrogens with zero attached hydrogens (tertiary/aromatic N) is 3. The van der Waals surface area contributed by atoms with Crippen LogP contribution in [0.3, 0.4) is 0 Å². The number of nitrogens with one attached hydrogen (secondary N) is 1. The summed E-state index contributed by atoms with van der Waals surface area (Å²) >= 11 is 1.68. The van der Waals surface area contributed by atoms with Crippen molar-refractivity contribution in [2.45, 2.75) is 19.6 Å². The highest BCUT2D eigenvalue weighted by Gasteiger charge is 2.25. The Hall–Kier alpha value is -2.70. The van der Waals surface area contributed by atoms with E-state index < -0.39 is 0 Å². The maximum absolute atomic E-state index is 5.94. The highest BCUT2D eigenvalue weighted by atomic mass is 32.1. The van der Waals surface area contributed by atoms with Crippen LogP contribution >= 0.6 is 11.3 Å². The second-order valence-corrected chi connectivity index (χ2v) is 8.44.